The summed E-state index contributed by atoms with van der Waals surface area (Å²) >= 11 is 0. The maximum atomic E-state index is 12.0. The average molecular weight is 285 g/mol. The highest BCUT2D eigenvalue weighted by molar-refractivity contribution is 5.94. The summed E-state index contributed by atoms with van der Waals surface area (Å²) in [4.78, 5) is 23.4. The van der Waals surface area contributed by atoms with E-state index in [9.17, 15) is 9.59 Å². The van der Waals surface area contributed by atoms with E-state index in [0.29, 0.717) is 18.7 Å². The molecule has 0 bridgehead atoms. The molecule has 0 aromatic heterocycles. The Morgan fingerprint density at radius 2 is 2.00 bits per heavy atom. The van der Waals surface area contributed by atoms with Crippen LogP contribution in [0.1, 0.15) is 28.8 Å². The number of nitrogens with two attached hydrogens (primary N) is 1. The molecule has 0 saturated heterocycles. The van der Waals surface area contributed by atoms with E-state index in [1.165, 1.54) is 0 Å². The molecule has 1 fully saturated rings. The molecule has 0 atom stereocenters. The van der Waals surface area contributed by atoms with Gasteiger partial charge in [-0.1, -0.05) is 17.9 Å². The molecule has 0 aliphatic heterocycles. The van der Waals surface area contributed by atoms with Gasteiger partial charge >= 0.3 is 0 Å². The third-order valence-electron chi connectivity index (χ3n) is 3.12. The first-order valence-electron chi connectivity index (χ1n) is 7.05. The third kappa shape index (κ3) is 4.93. The molecule has 5 heteroatoms. The van der Waals surface area contributed by atoms with Crippen molar-refractivity contribution in [2.45, 2.75) is 12.8 Å². The zero-order valence-electron chi connectivity index (χ0n) is 11.8. The second kappa shape index (κ2) is 7.46. The summed E-state index contributed by atoms with van der Waals surface area (Å²) < 4.78 is 0. The van der Waals surface area contributed by atoms with E-state index in [-0.39, 0.29) is 24.3 Å². The van der Waals surface area contributed by atoms with Gasteiger partial charge in [0.2, 0.25) is 5.91 Å². The van der Waals surface area contributed by atoms with Crippen LogP contribution >= 0.6 is 0 Å². The fraction of sp³-hybridized carbons (Fsp3) is 0.375. The van der Waals surface area contributed by atoms with Crippen molar-refractivity contribution in [1.29, 1.82) is 0 Å². The van der Waals surface area contributed by atoms with Gasteiger partial charge in [-0.3, -0.25) is 9.59 Å². The summed E-state index contributed by atoms with van der Waals surface area (Å²) in [6.07, 6.45) is 1.96. The normalized spacial score (nSPS) is 13.0. The van der Waals surface area contributed by atoms with Crippen molar-refractivity contribution in [3.63, 3.8) is 0 Å². The van der Waals surface area contributed by atoms with Crippen LogP contribution in [0.25, 0.3) is 0 Å². The molecule has 21 heavy (non-hydrogen) atoms. The molecular formula is C16H19N3O2. The maximum absolute atomic E-state index is 12.0. The number of benzene rings is 1. The van der Waals surface area contributed by atoms with Crippen molar-refractivity contribution >= 4 is 11.8 Å². The van der Waals surface area contributed by atoms with Gasteiger partial charge in [-0.2, -0.15) is 0 Å². The first-order valence-corrected chi connectivity index (χ1v) is 7.05. The summed E-state index contributed by atoms with van der Waals surface area (Å²) in [6, 6.07) is 7.06. The van der Waals surface area contributed by atoms with Crippen LogP contribution in [0.4, 0.5) is 0 Å². The topological polar surface area (TPSA) is 84.2 Å². The molecule has 1 aliphatic rings. The summed E-state index contributed by atoms with van der Waals surface area (Å²) in [6.45, 7) is 1.15. The van der Waals surface area contributed by atoms with Gasteiger partial charge in [0.1, 0.15) is 0 Å². The van der Waals surface area contributed by atoms with E-state index in [0.717, 1.165) is 18.4 Å². The number of hydrogen-bond donors (Lipinski definition) is 3. The molecule has 0 spiro atoms. The Labute approximate surface area is 124 Å². The summed E-state index contributed by atoms with van der Waals surface area (Å²) in [7, 11) is 0. The van der Waals surface area contributed by atoms with Crippen molar-refractivity contribution in [2.24, 2.45) is 11.7 Å². The average Bonchev–Trinajstić information content (AvgIpc) is 3.34. The molecule has 2 amide bonds. The van der Waals surface area contributed by atoms with Crippen molar-refractivity contribution < 1.29 is 9.59 Å². The number of nitrogens with one attached hydrogen (secondary N) is 2. The van der Waals surface area contributed by atoms with Crippen LogP contribution in [-0.2, 0) is 4.79 Å². The van der Waals surface area contributed by atoms with E-state index >= 15 is 0 Å². The Morgan fingerprint density at radius 1 is 1.24 bits per heavy atom. The Bertz CT molecular complexity index is 583. The lowest BCUT2D eigenvalue weighted by Crippen LogP contribution is -2.35. The lowest BCUT2D eigenvalue weighted by atomic mass is 10.1. The zero-order chi connectivity index (χ0) is 15.1. The molecule has 0 radical (unpaired) electrons. The molecule has 1 saturated carbocycles. The number of carbonyl (C=O) groups is 2. The summed E-state index contributed by atoms with van der Waals surface area (Å²) in [5, 5.41) is 5.57. The van der Waals surface area contributed by atoms with E-state index < -0.39 is 0 Å². The molecule has 1 aromatic rings. The third-order valence-corrected chi connectivity index (χ3v) is 3.12. The predicted molar refractivity (Wildman–Crippen MR) is 80.4 cm³/mol. The Kier molecular flexibility index (Phi) is 5.35. The molecule has 110 valence electrons. The quantitative estimate of drug-likeness (QED) is 0.536. The highest BCUT2D eigenvalue weighted by Crippen LogP contribution is 2.28. The van der Waals surface area contributed by atoms with Gasteiger partial charge in [0.25, 0.3) is 5.91 Å². The molecule has 0 unspecified atom stereocenters. The Balaban J connectivity index is 1.78. The maximum Gasteiger partial charge on any atom is 0.251 e. The van der Waals surface area contributed by atoms with Gasteiger partial charge in [-0.05, 0) is 31.0 Å². The Morgan fingerprint density at radius 3 is 2.71 bits per heavy atom. The van der Waals surface area contributed by atoms with Gasteiger partial charge in [0.05, 0.1) is 6.54 Å². The first-order chi connectivity index (χ1) is 10.2. The number of carbonyl (C=O) groups excluding carboxylic acids is 2. The monoisotopic (exact) mass is 285 g/mol. The highest BCUT2D eigenvalue weighted by Gasteiger charge is 2.28. The summed E-state index contributed by atoms with van der Waals surface area (Å²) in [5.41, 5.74) is 6.63. The summed E-state index contributed by atoms with van der Waals surface area (Å²) in [5.74, 6) is 5.75. The standard InChI is InChI=1S/C16H19N3O2/c17-8-2-4-12-3-1-5-14(11-12)16(21)19-10-9-18-15(20)13-6-7-13/h1,3,5,11,13H,6-10,17H2,(H,18,20)(H,19,21). The molecule has 1 aliphatic carbocycles. The van der Waals surface area contributed by atoms with Gasteiger partial charge in [-0.25, -0.2) is 0 Å². The fourth-order valence-corrected chi connectivity index (χ4v) is 1.84. The van der Waals surface area contributed by atoms with Gasteiger partial charge in [-0.15, -0.1) is 0 Å². The van der Waals surface area contributed by atoms with Gasteiger partial charge in [0, 0.05) is 30.1 Å². The SMILES string of the molecule is NCC#Cc1cccc(C(=O)NCCNC(=O)C2CC2)c1. The molecular weight excluding hydrogens is 266 g/mol. The van der Waals surface area contributed by atoms with E-state index in [4.69, 9.17) is 5.73 Å². The minimum atomic E-state index is -0.174. The largest absolute Gasteiger partial charge is 0.354 e. The van der Waals surface area contributed by atoms with Crippen molar-refractivity contribution in [1.82, 2.24) is 10.6 Å². The van der Waals surface area contributed by atoms with Crippen LogP contribution in [0.5, 0.6) is 0 Å². The van der Waals surface area contributed by atoms with Crippen molar-refractivity contribution in [3.8, 4) is 11.8 Å². The highest BCUT2D eigenvalue weighted by atomic mass is 16.2. The van der Waals surface area contributed by atoms with Crippen LogP contribution in [0.3, 0.4) is 0 Å². The van der Waals surface area contributed by atoms with Crippen LogP contribution in [0.15, 0.2) is 24.3 Å². The molecule has 4 N–H and O–H groups in total. The lowest BCUT2D eigenvalue weighted by molar-refractivity contribution is -0.122. The number of hydrogen-bond acceptors (Lipinski definition) is 3. The van der Waals surface area contributed by atoms with Crippen LogP contribution in [-0.4, -0.2) is 31.4 Å². The number of rotatable bonds is 5. The lowest BCUT2D eigenvalue weighted by Gasteiger charge is -2.07. The second-order valence-electron chi connectivity index (χ2n) is 4.91. The van der Waals surface area contributed by atoms with Gasteiger partial charge in [0.15, 0.2) is 0 Å². The smallest absolute Gasteiger partial charge is 0.251 e. The minimum absolute atomic E-state index is 0.0864. The van der Waals surface area contributed by atoms with E-state index in [1.54, 1.807) is 18.2 Å². The number of amides is 2. The van der Waals surface area contributed by atoms with Gasteiger partial charge < -0.3 is 16.4 Å². The second-order valence-corrected chi connectivity index (χ2v) is 4.91. The first kappa shape index (κ1) is 15.1. The molecule has 2 rings (SSSR count). The predicted octanol–water partition coefficient (Wildman–Crippen LogP) is 0.253. The fourth-order valence-electron chi connectivity index (χ4n) is 1.84. The molecule has 0 heterocycles. The van der Waals surface area contributed by atoms with Crippen molar-refractivity contribution in [3.05, 3.63) is 35.4 Å². The van der Waals surface area contributed by atoms with E-state index in [2.05, 4.69) is 22.5 Å². The minimum Gasteiger partial charge on any atom is -0.354 e. The van der Waals surface area contributed by atoms with Crippen LogP contribution in [0, 0.1) is 17.8 Å². The van der Waals surface area contributed by atoms with Crippen LogP contribution < -0.4 is 16.4 Å². The molecule has 5 nitrogen and oxygen atoms in total. The van der Waals surface area contributed by atoms with Crippen LogP contribution in [0.2, 0.25) is 0 Å². The van der Waals surface area contributed by atoms with Crippen molar-refractivity contribution in [2.75, 3.05) is 19.6 Å². The van der Waals surface area contributed by atoms with E-state index in [1.807, 2.05) is 6.07 Å². The molecule has 1 aromatic carbocycles. The Hall–Kier alpha value is -2.32. The zero-order valence-corrected chi connectivity index (χ0v) is 11.8.